The fraction of sp³-hybridized carbons (Fsp3) is 0.591. The van der Waals surface area contributed by atoms with Crippen molar-refractivity contribution in [3.8, 4) is 0 Å². The summed E-state index contributed by atoms with van der Waals surface area (Å²) in [4.78, 5) is 18.4. The lowest BCUT2D eigenvalue weighted by atomic mass is 9.67. The molecule has 29 heavy (non-hydrogen) atoms. The summed E-state index contributed by atoms with van der Waals surface area (Å²) in [7, 11) is 2.18. The molecule has 1 aromatic heterocycles. The van der Waals surface area contributed by atoms with E-state index in [2.05, 4.69) is 62.8 Å². The van der Waals surface area contributed by atoms with Crippen molar-refractivity contribution in [3.05, 3.63) is 48.3 Å². The Bertz CT molecular complexity index is 780. The van der Waals surface area contributed by atoms with Gasteiger partial charge in [-0.1, -0.05) is 35.5 Å². The van der Waals surface area contributed by atoms with Gasteiger partial charge in [-0.05, 0) is 51.4 Å². The summed E-state index contributed by atoms with van der Waals surface area (Å²) in [6.45, 7) is 5.29. The van der Waals surface area contributed by atoms with Crippen LogP contribution in [0.15, 0.2) is 42.7 Å². The number of aromatic nitrogens is 3. The van der Waals surface area contributed by atoms with Crippen molar-refractivity contribution in [2.75, 3.05) is 39.8 Å². The Morgan fingerprint density at radius 3 is 2.86 bits per heavy atom. The number of nitrogens with one attached hydrogen (secondary N) is 1. The highest BCUT2D eigenvalue weighted by Crippen LogP contribution is 2.42. The van der Waals surface area contributed by atoms with Crippen molar-refractivity contribution in [2.24, 2.45) is 5.41 Å². The first-order valence-corrected chi connectivity index (χ1v) is 10.8. The van der Waals surface area contributed by atoms with Crippen LogP contribution in [0.4, 0.5) is 0 Å². The second-order valence-corrected chi connectivity index (χ2v) is 8.48. The summed E-state index contributed by atoms with van der Waals surface area (Å²) >= 11 is 0. The Kier molecular flexibility index (Phi) is 6.25. The highest BCUT2D eigenvalue weighted by Gasteiger charge is 2.51. The number of likely N-dealkylation sites (N-methyl/N-ethyl adjacent to an activating group) is 1. The number of hydrogen-bond acceptors (Lipinski definition) is 5. The summed E-state index contributed by atoms with van der Waals surface area (Å²) in [6, 6.07) is 10.9. The zero-order valence-electron chi connectivity index (χ0n) is 17.3. The SMILES string of the molecule is CN1CC[C@]2(C(=O)NCCn3ccnn3)CCCN(CCc3ccccc3)[C@H]2C1. The van der Waals surface area contributed by atoms with Crippen LogP contribution in [-0.4, -0.2) is 76.5 Å². The lowest BCUT2D eigenvalue weighted by Gasteiger charge is -2.53. The van der Waals surface area contributed by atoms with Gasteiger partial charge in [0.15, 0.2) is 0 Å². The number of likely N-dealkylation sites (tertiary alicyclic amines) is 2. The molecule has 4 rings (SSSR count). The highest BCUT2D eigenvalue weighted by molar-refractivity contribution is 5.83. The lowest BCUT2D eigenvalue weighted by molar-refractivity contribution is -0.144. The first kappa shape index (κ1) is 20.0. The fourth-order valence-corrected chi connectivity index (χ4v) is 5.00. The van der Waals surface area contributed by atoms with E-state index in [1.165, 1.54) is 5.56 Å². The number of piperidine rings is 2. The summed E-state index contributed by atoms with van der Waals surface area (Å²) in [5.74, 6) is 0.222. The molecule has 156 valence electrons. The molecule has 2 aromatic rings. The summed E-state index contributed by atoms with van der Waals surface area (Å²) in [5.41, 5.74) is 1.09. The van der Waals surface area contributed by atoms with Crippen LogP contribution in [-0.2, 0) is 17.8 Å². The number of carbonyl (C=O) groups is 1. The van der Waals surface area contributed by atoms with Crippen molar-refractivity contribution < 1.29 is 4.79 Å². The van der Waals surface area contributed by atoms with Gasteiger partial charge in [0.25, 0.3) is 0 Å². The molecule has 2 atom stereocenters. The standard InChI is InChI=1S/C22H32N6O/c1-26-15-10-22(21(29)23-11-16-28-17-12-24-25-28)9-5-13-27(20(22)18-26)14-8-19-6-3-2-4-7-19/h2-4,6-7,12,17,20H,5,8-11,13-16,18H2,1H3,(H,23,29)/t20-,22+/m0/s1. The van der Waals surface area contributed by atoms with Gasteiger partial charge in [0.1, 0.15) is 0 Å². The van der Waals surface area contributed by atoms with Gasteiger partial charge in [-0.15, -0.1) is 5.10 Å². The van der Waals surface area contributed by atoms with Gasteiger partial charge in [0.05, 0.1) is 18.2 Å². The van der Waals surface area contributed by atoms with Crippen LogP contribution >= 0.6 is 0 Å². The largest absolute Gasteiger partial charge is 0.354 e. The molecule has 0 unspecified atom stereocenters. The zero-order valence-corrected chi connectivity index (χ0v) is 17.3. The first-order chi connectivity index (χ1) is 14.2. The Balaban J connectivity index is 1.43. The molecule has 2 aliphatic rings. The van der Waals surface area contributed by atoms with Gasteiger partial charge in [-0.3, -0.25) is 14.4 Å². The molecular weight excluding hydrogens is 364 g/mol. The van der Waals surface area contributed by atoms with Crippen molar-refractivity contribution in [3.63, 3.8) is 0 Å². The van der Waals surface area contributed by atoms with Crippen molar-refractivity contribution in [1.82, 2.24) is 30.1 Å². The van der Waals surface area contributed by atoms with Crippen LogP contribution in [0.5, 0.6) is 0 Å². The minimum atomic E-state index is -0.274. The van der Waals surface area contributed by atoms with Crippen molar-refractivity contribution in [2.45, 2.75) is 38.3 Å². The van der Waals surface area contributed by atoms with E-state index in [-0.39, 0.29) is 17.4 Å². The molecule has 0 spiro atoms. The number of benzene rings is 1. The second kappa shape index (κ2) is 9.05. The molecule has 1 aromatic carbocycles. The van der Waals surface area contributed by atoms with Gasteiger partial charge in [-0.25, -0.2) is 0 Å². The Labute approximate surface area is 173 Å². The molecule has 0 aliphatic carbocycles. The number of hydrogen-bond donors (Lipinski definition) is 1. The number of carbonyl (C=O) groups excluding carboxylic acids is 1. The molecule has 7 heteroatoms. The fourth-order valence-electron chi connectivity index (χ4n) is 5.00. The van der Waals surface area contributed by atoms with Gasteiger partial charge in [0, 0.05) is 31.9 Å². The molecular formula is C22H32N6O. The molecule has 7 nitrogen and oxygen atoms in total. The van der Waals surface area contributed by atoms with Crippen LogP contribution < -0.4 is 5.32 Å². The smallest absolute Gasteiger partial charge is 0.227 e. The van der Waals surface area contributed by atoms with Crippen LogP contribution in [0.1, 0.15) is 24.8 Å². The maximum atomic E-state index is 13.4. The van der Waals surface area contributed by atoms with E-state index >= 15 is 0 Å². The van der Waals surface area contributed by atoms with Gasteiger partial charge in [-0.2, -0.15) is 0 Å². The maximum Gasteiger partial charge on any atom is 0.227 e. The van der Waals surface area contributed by atoms with Crippen molar-refractivity contribution >= 4 is 5.91 Å². The van der Waals surface area contributed by atoms with Crippen LogP contribution in [0.25, 0.3) is 0 Å². The van der Waals surface area contributed by atoms with E-state index < -0.39 is 0 Å². The molecule has 0 saturated carbocycles. The van der Waals surface area contributed by atoms with Crippen LogP contribution in [0.2, 0.25) is 0 Å². The predicted octanol–water partition coefficient (Wildman–Crippen LogP) is 1.42. The molecule has 2 saturated heterocycles. The molecule has 0 bridgehead atoms. The topological polar surface area (TPSA) is 66.3 Å². The normalized spacial score (nSPS) is 25.5. The predicted molar refractivity (Wildman–Crippen MR) is 112 cm³/mol. The van der Waals surface area contributed by atoms with Crippen LogP contribution in [0.3, 0.4) is 0 Å². The van der Waals surface area contributed by atoms with Gasteiger partial charge in [0.2, 0.25) is 5.91 Å². The van der Waals surface area contributed by atoms with E-state index in [0.717, 1.165) is 51.9 Å². The molecule has 3 heterocycles. The Morgan fingerprint density at radius 1 is 1.21 bits per heavy atom. The summed E-state index contributed by atoms with van der Waals surface area (Å²) in [5, 5.41) is 11.0. The molecule has 2 fully saturated rings. The third kappa shape index (κ3) is 4.51. The second-order valence-electron chi connectivity index (χ2n) is 8.48. The first-order valence-electron chi connectivity index (χ1n) is 10.8. The minimum absolute atomic E-state index is 0.222. The maximum absolute atomic E-state index is 13.4. The Hall–Kier alpha value is -2.25. The summed E-state index contributed by atoms with van der Waals surface area (Å²) in [6.07, 6.45) is 7.54. The van der Waals surface area contributed by atoms with Crippen LogP contribution in [0, 0.1) is 5.41 Å². The van der Waals surface area contributed by atoms with E-state index in [1.807, 2.05) is 6.20 Å². The van der Waals surface area contributed by atoms with Crippen molar-refractivity contribution in [1.29, 1.82) is 0 Å². The Morgan fingerprint density at radius 2 is 2.07 bits per heavy atom. The number of amides is 1. The van der Waals surface area contributed by atoms with Gasteiger partial charge >= 0.3 is 0 Å². The third-order valence-corrected chi connectivity index (χ3v) is 6.65. The van der Waals surface area contributed by atoms with E-state index in [1.54, 1.807) is 10.9 Å². The van der Waals surface area contributed by atoms with Gasteiger partial charge < -0.3 is 10.2 Å². The minimum Gasteiger partial charge on any atom is -0.354 e. The quantitative estimate of drug-likeness (QED) is 0.767. The highest BCUT2D eigenvalue weighted by atomic mass is 16.2. The van der Waals surface area contributed by atoms with E-state index in [4.69, 9.17) is 0 Å². The number of rotatable bonds is 7. The number of fused-ring (bicyclic) bond motifs is 1. The molecule has 1 N–H and O–H groups in total. The molecule has 0 radical (unpaired) electrons. The average Bonchev–Trinajstić information content (AvgIpc) is 3.26. The van der Waals surface area contributed by atoms with E-state index in [0.29, 0.717) is 13.1 Å². The number of nitrogens with zero attached hydrogens (tertiary/aromatic N) is 5. The molecule has 2 aliphatic heterocycles. The average molecular weight is 397 g/mol. The monoisotopic (exact) mass is 396 g/mol. The lowest BCUT2D eigenvalue weighted by Crippen LogP contribution is -2.65. The summed E-state index contributed by atoms with van der Waals surface area (Å²) < 4.78 is 1.76. The molecule has 1 amide bonds. The van der Waals surface area contributed by atoms with E-state index in [9.17, 15) is 4.79 Å². The zero-order chi connectivity index (χ0) is 20.1. The third-order valence-electron chi connectivity index (χ3n) is 6.65.